The number of nitrogens with two attached hydrogens (primary N) is 1. The first-order valence-corrected chi connectivity index (χ1v) is 8.70. The van der Waals surface area contributed by atoms with E-state index in [9.17, 15) is 0 Å². The molecule has 22 heavy (non-hydrogen) atoms. The van der Waals surface area contributed by atoms with Crippen molar-refractivity contribution in [3.63, 3.8) is 0 Å². The van der Waals surface area contributed by atoms with Crippen LogP contribution in [0.5, 0.6) is 0 Å². The zero-order valence-corrected chi connectivity index (χ0v) is 13.7. The second kappa shape index (κ2) is 7.11. The lowest BCUT2D eigenvalue weighted by molar-refractivity contribution is 0.488. The summed E-state index contributed by atoms with van der Waals surface area (Å²) in [5.74, 6) is 2.45. The molecular formula is C17H22N4S. The molecule has 1 aliphatic rings. The summed E-state index contributed by atoms with van der Waals surface area (Å²) in [6, 6.07) is 10.7. The monoisotopic (exact) mass is 314 g/mol. The fourth-order valence-corrected chi connectivity index (χ4v) is 3.52. The second-order valence-electron chi connectivity index (χ2n) is 5.84. The van der Waals surface area contributed by atoms with E-state index in [2.05, 4.69) is 41.1 Å². The number of nitrogens with zero attached hydrogens (tertiary/aromatic N) is 3. The summed E-state index contributed by atoms with van der Waals surface area (Å²) >= 11 is 1.73. The molecule has 2 heterocycles. The Hall–Kier alpha value is -1.59. The van der Waals surface area contributed by atoms with Gasteiger partial charge in [-0.1, -0.05) is 30.3 Å². The van der Waals surface area contributed by atoms with Crippen molar-refractivity contribution in [3.05, 3.63) is 48.3 Å². The Balaban J connectivity index is 1.63. The van der Waals surface area contributed by atoms with Gasteiger partial charge in [0.2, 0.25) is 0 Å². The smallest absolute Gasteiger partial charge is 0.148 e. The van der Waals surface area contributed by atoms with Crippen molar-refractivity contribution >= 4 is 17.6 Å². The summed E-state index contributed by atoms with van der Waals surface area (Å²) in [4.78, 5) is 11.4. The molecule has 1 aromatic carbocycles. The Morgan fingerprint density at radius 3 is 2.86 bits per heavy atom. The van der Waals surface area contributed by atoms with E-state index in [4.69, 9.17) is 10.7 Å². The van der Waals surface area contributed by atoms with Gasteiger partial charge in [-0.05, 0) is 24.8 Å². The maximum atomic E-state index is 6.01. The molecular weight excluding hydrogens is 292 g/mol. The van der Waals surface area contributed by atoms with Crippen molar-refractivity contribution in [3.8, 4) is 0 Å². The minimum atomic E-state index is 0.244. The van der Waals surface area contributed by atoms with Crippen LogP contribution in [0.1, 0.15) is 18.9 Å². The normalized spacial score (nSPS) is 19.4. The van der Waals surface area contributed by atoms with Crippen LogP contribution in [0, 0.1) is 5.92 Å². The van der Waals surface area contributed by atoms with Crippen molar-refractivity contribution in [2.24, 2.45) is 11.7 Å². The standard InChI is InChI=1S/C17H22N4S/c1-13(18)15-7-8-21(11-15)16-9-19-10-17(20-16)22-12-14-5-3-2-4-6-14/h2-6,9-10,13,15H,7-8,11-12,18H2,1H3. The summed E-state index contributed by atoms with van der Waals surface area (Å²) in [5, 5.41) is 0.977. The molecule has 1 aromatic heterocycles. The first kappa shape index (κ1) is 15.3. The molecule has 116 valence electrons. The fourth-order valence-electron chi connectivity index (χ4n) is 2.72. The molecule has 4 nitrogen and oxygen atoms in total. The summed E-state index contributed by atoms with van der Waals surface area (Å²) in [5.41, 5.74) is 7.32. The van der Waals surface area contributed by atoms with E-state index in [0.717, 1.165) is 36.1 Å². The van der Waals surface area contributed by atoms with Crippen LogP contribution in [0.25, 0.3) is 0 Å². The average Bonchev–Trinajstić information content (AvgIpc) is 3.05. The highest BCUT2D eigenvalue weighted by molar-refractivity contribution is 7.98. The second-order valence-corrected chi connectivity index (χ2v) is 6.84. The third-order valence-corrected chi connectivity index (χ3v) is 5.09. The Labute approximate surface area is 136 Å². The van der Waals surface area contributed by atoms with Crippen LogP contribution in [0.2, 0.25) is 0 Å². The number of hydrogen-bond donors (Lipinski definition) is 1. The van der Waals surface area contributed by atoms with Gasteiger partial charge in [0, 0.05) is 24.9 Å². The molecule has 0 radical (unpaired) electrons. The zero-order valence-electron chi connectivity index (χ0n) is 12.9. The van der Waals surface area contributed by atoms with Crippen molar-refractivity contribution in [2.45, 2.75) is 30.2 Å². The van der Waals surface area contributed by atoms with Gasteiger partial charge in [-0.3, -0.25) is 4.98 Å². The molecule has 1 saturated heterocycles. The van der Waals surface area contributed by atoms with E-state index in [-0.39, 0.29) is 6.04 Å². The van der Waals surface area contributed by atoms with Crippen LogP contribution in [0.3, 0.4) is 0 Å². The Morgan fingerprint density at radius 1 is 1.32 bits per heavy atom. The van der Waals surface area contributed by atoms with Crippen LogP contribution < -0.4 is 10.6 Å². The molecule has 0 saturated carbocycles. The van der Waals surface area contributed by atoms with Crippen molar-refractivity contribution < 1.29 is 0 Å². The zero-order chi connectivity index (χ0) is 15.4. The van der Waals surface area contributed by atoms with E-state index in [0.29, 0.717) is 5.92 Å². The van der Waals surface area contributed by atoms with Gasteiger partial charge in [0.05, 0.1) is 12.4 Å². The maximum absolute atomic E-state index is 6.01. The number of rotatable bonds is 5. The van der Waals surface area contributed by atoms with E-state index < -0.39 is 0 Å². The first-order chi connectivity index (χ1) is 10.7. The molecule has 1 fully saturated rings. The van der Waals surface area contributed by atoms with Crippen LogP contribution in [-0.2, 0) is 5.75 Å². The molecule has 2 atom stereocenters. The minimum Gasteiger partial charge on any atom is -0.355 e. The quantitative estimate of drug-likeness (QED) is 0.860. The fraction of sp³-hybridized carbons (Fsp3) is 0.412. The predicted octanol–water partition coefficient (Wildman–Crippen LogP) is 2.94. The van der Waals surface area contributed by atoms with Gasteiger partial charge in [-0.15, -0.1) is 11.8 Å². The molecule has 0 aliphatic carbocycles. The molecule has 2 N–H and O–H groups in total. The van der Waals surface area contributed by atoms with E-state index in [1.54, 1.807) is 11.8 Å². The van der Waals surface area contributed by atoms with Crippen molar-refractivity contribution in [2.75, 3.05) is 18.0 Å². The molecule has 2 unspecified atom stereocenters. The third-order valence-electron chi connectivity index (χ3n) is 4.12. The summed E-state index contributed by atoms with van der Waals surface area (Å²) in [7, 11) is 0. The Kier molecular flexibility index (Phi) is 4.95. The van der Waals surface area contributed by atoms with E-state index in [1.165, 1.54) is 5.56 Å². The van der Waals surface area contributed by atoms with E-state index >= 15 is 0 Å². The van der Waals surface area contributed by atoms with Gasteiger partial charge in [0.25, 0.3) is 0 Å². The van der Waals surface area contributed by atoms with Crippen LogP contribution in [0.15, 0.2) is 47.8 Å². The van der Waals surface area contributed by atoms with Crippen LogP contribution in [-0.4, -0.2) is 29.1 Å². The number of hydrogen-bond acceptors (Lipinski definition) is 5. The molecule has 1 aliphatic heterocycles. The van der Waals surface area contributed by atoms with Gasteiger partial charge in [0.15, 0.2) is 0 Å². The highest BCUT2D eigenvalue weighted by atomic mass is 32.2. The van der Waals surface area contributed by atoms with E-state index in [1.807, 2.05) is 18.5 Å². The van der Waals surface area contributed by atoms with Crippen molar-refractivity contribution in [1.82, 2.24) is 9.97 Å². The number of benzene rings is 1. The van der Waals surface area contributed by atoms with Gasteiger partial charge in [-0.2, -0.15) is 0 Å². The molecule has 0 amide bonds. The highest BCUT2D eigenvalue weighted by Crippen LogP contribution is 2.26. The summed E-state index contributed by atoms with van der Waals surface area (Å²) in [6.45, 7) is 4.10. The SMILES string of the molecule is CC(N)C1CCN(c2cncc(SCc3ccccc3)n2)C1. The molecule has 5 heteroatoms. The summed E-state index contributed by atoms with van der Waals surface area (Å²) < 4.78 is 0. The summed E-state index contributed by atoms with van der Waals surface area (Å²) in [6.07, 6.45) is 4.84. The first-order valence-electron chi connectivity index (χ1n) is 7.71. The Bertz CT molecular complexity index is 603. The third kappa shape index (κ3) is 3.78. The van der Waals surface area contributed by atoms with Crippen LogP contribution >= 0.6 is 11.8 Å². The van der Waals surface area contributed by atoms with Gasteiger partial charge in [0.1, 0.15) is 10.8 Å². The minimum absolute atomic E-state index is 0.244. The average molecular weight is 314 g/mol. The van der Waals surface area contributed by atoms with Gasteiger partial charge >= 0.3 is 0 Å². The van der Waals surface area contributed by atoms with Crippen LogP contribution in [0.4, 0.5) is 5.82 Å². The lowest BCUT2D eigenvalue weighted by atomic mass is 10.0. The maximum Gasteiger partial charge on any atom is 0.148 e. The molecule has 3 rings (SSSR count). The molecule has 0 bridgehead atoms. The van der Waals surface area contributed by atoms with Gasteiger partial charge in [-0.25, -0.2) is 4.98 Å². The van der Waals surface area contributed by atoms with Crippen molar-refractivity contribution in [1.29, 1.82) is 0 Å². The van der Waals surface area contributed by atoms with Gasteiger partial charge < -0.3 is 10.6 Å². The highest BCUT2D eigenvalue weighted by Gasteiger charge is 2.26. The lowest BCUT2D eigenvalue weighted by Gasteiger charge is -2.19. The predicted molar refractivity (Wildman–Crippen MR) is 92.0 cm³/mol. The number of thioether (sulfide) groups is 1. The number of aromatic nitrogens is 2. The number of anilines is 1. The lowest BCUT2D eigenvalue weighted by Crippen LogP contribution is -2.30. The molecule has 0 spiro atoms. The molecule has 2 aromatic rings. The topological polar surface area (TPSA) is 55.0 Å². The Morgan fingerprint density at radius 2 is 2.14 bits per heavy atom. The largest absolute Gasteiger partial charge is 0.355 e.